The first kappa shape index (κ1) is 18.3. The van der Waals surface area contributed by atoms with Crippen LogP contribution in [0, 0.1) is 17.0 Å². The molecule has 0 unspecified atom stereocenters. The number of rotatable bonds is 5. The van der Waals surface area contributed by atoms with Gasteiger partial charge in [0.1, 0.15) is 0 Å². The largest absolute Gasteiger partial charge is 0.434 e. The van der Waals surface area contributed by atoms with Gasteiger partial charge in [-0.3, -0.25) is 14.9 Å². The highest BCUT2D eigenvalue weighted by Crippen LogP contribution is 2.23. The van der Waals surface area contributed by atoms with Crippen molar-refractivity contribution in [3.8, 4) is 11.5 Å². The third-order valence-corrected chi connectivity index (χ3v) is 4.49. The number of hydrogen-bond acceptors (Lipinski definition) is 6. The molecule has 0 saturated carbocycles. The summed E-state index contributed by atoms with van der Waals surface area (Å²) in [5.74, 6) is 0.100. The Kier molecular flexibility index (Phi) is 4.74. The lowest BCUT2D eigenvalue weighted by Gasteiger charge is -2.07. The topological polar surface area (TPSA) is 111 Å². The van der Waals surface area contributed by atoms with Crippen molar-refractivity contribution in [3.63, 3.8) is 0 Å². The fourth-order valence-corrected chi connectivity index (χ4v) is 2.89. The molecule has 29 heavy (non-hydrogen) atoms. The zero-order valence-electron chi connectivity index (χ0n) is 15.5. The molecular formula is C21H16N4O4. The highest BCUT2D eigenvalue weighted by Gasteiger charge is 2.15. The van der Waals surface area contributed by atoms with E-state index in [1.54, 1.807) is 37.4 Å². The predicted molar refractivity (Wildman–Crippen MR) is 106 cm³/mol. The van der Waals surface area contributed by atoms with E-state index in [-0.39, 0.29) is 23.7 Å². The van der Waals surface area contributed by atoms with Crippen LogP contribution in [-0.2, 0) is 6.54 Å². The van der Waals surface area contributed by atoms with Gasteiger partial charge in [-0.2, -0.15) is 4.98 Å². The lowest BCUT2D eigenvalue weighted by atomic mass is 10.1. The van der Waals surface area contributed by atoms with Crippen molar-refractivity contribution in [2.75, 3.05) is 0 Å². The first-order valence-corrected chi connectivity index (χ1v) is 8.85. The molecule has 2 heterocycles. The van der Waals surface area contributed by atoms with E-state index in [0.29, 0.717) is 22.7 Å². The van der Waals surface area contributed by atoms with Gasteiger partial charge in [-0.25, -0.2) is 4.98 Å². The number of carbonyl (C=O) groups is 1. The number of nitrogens with zero attached hydrogens (tertiary/aromatic N) is 3. The van der Waals surface area contributed by atoms with Gasteiger partial charge in [-0.15, -0.1) is 0 Å². The van der Waals surface area contributed by atoms with Gasteiger partial charge in [0.25, 0.3) is 11.6 Å². The Balaban J connectivity index is 1.44. The van der Waals surface area contributed by atoms with Crippen LogP contribution in [0.5, 0.6) is 0 Å². The van der Waals surface area contributed by atoms with Gasteiger partial charge in [-0.05, 0) is 42.8 Å². The second-order valence-corrected chi connectivity index (χ2v) is 6.48. The Morgan fingerprint density at radius 3 is 2.69 bits per heavy atom. The number of fused-ring (bicyclic) bond motifs is 1. The van der Waals surface area contributed by atoms with Crippen LogP contribution >= 0.6 is 0 Å². The molecule has 0 fully saturated rings. The maximum atomic E-state index is 12.3. The van der Waals surface area contributed by atoms with Crippen LogP contribution in [0.25, 0.3) is 22.7 Å². The Morgan fingerprint density at radius 1 is 1.17 bits per heavy atom. The normalized spacial score (nSPS) is 10.8. The number of pyridine rings is 1. The van der Waals surface area contributed by atoms with E-state index < -0.39 is 4.92 Å². The third-order valence-electron chi connectivity index (χ3n) is 4.49. The summed E-state index contributed by atoms with van der Waals surface area (Å²) in [5.41, 5.74) is 3.52. The molecule has 1 amide bonds. The number of nitro groups is 1. The zero-order chi connectivity index (χ0) is 20.4. The minimum Gasteiger partial charge on any atom is -0.434 e. The number of oxazole rings is 1. The molecule has 0 aliphatic carbocycles. The Morgan fingerprint density at radius 2 is 1.97 bits per heavy atom. The molecule has 0 saturated heterocycles. The summed E-state index contributed by atoms with van der Waals surface area (Å²) in [7, 11) is 0. The fourth-order valence-electron chi connectivity index (χ4n) is 2.89. The number of aryl methyl sites for hydroxylation is 1. The summed E-state index contributed by atoms with van der Waals surface area (Å²) >= 11 is 0. The fraction of sp³-hybridized carbons (Fsp3) is 0.0952. The molecule has 144 valence electrons. The van der Waals surface area contributed by atoms with E-state index >= 15 is 0 Å². The van der Waals surface area contributed by atoms with Crippen LogP contribution in [0.3, 0.4) is 0 Å². The molecule has 0 aliphatic rings. The average Bonchev–Trinajstić information content (AvgIpc) is 3.17. The number of hydrogen-bond donors (Lipinski definition) is 1. The average molecular weight is 388 g/mol. The van der Waals surface area contributed by atoms with Crippen LogP contribution in [-0.4, -0.2) is 20.8 Å². The molecular weight excluding hydrogens is 372 g/mol. The summed E-state index contributed by atoms with van der Waals surface area (Å²) in [6, 6.07) is 15.4. The zero-order valence-corrected chi connectivity index (χ0v) is 15.5. The molecule has 4 rings (SSSR count). The summed E-state index contributed by atoms with van der Waals surface area (Å²) in [6.07, 6.45) is 1.66. The maximum Gasteiger partial charge on any atom is 0.273 e. The van der Waals surface area contributed by atoms with Crippen molar-refractivity contribution in [1.29, 1.82) is 0 Å². The van der Waals surface area contributed by atoms with E-state index in [1.165, 1.54) is 6.07 Å². The summed E-state index contributed by atoms with van der Waals surface area (Å²) in [5, 5.41) is 13.8. The van der Waals surface area contributed by atoms with Crippen molar-refractivity contribution in [3.05, 3.63) is 87.6 Å². The highest BCUT2D eigenvalue weighted by atomic mass is 16.6. The van der Waals surface area contributed by atoms with Crippen LogP contribution in [0.4, 0.5) is 5.69 Å². The molecule has 0 spiro atoms. The van der Waals surface area contributed by atoms with Gasteiger partial charge in [0.2, 0.25) is 5.89 Å². The van der Waals surface area contributed by atoms with Crippen molar-refractivity contribution in [2.45, 2.75) is 13.5 Å². The monoisotopic (exact) mass is 388 g/mol. The number of carbonyl (C=O) groups excluding carboxylic acids is 1. The number of nitrogens with one attached hydrogen (secondary N) is 1. The highest BCUT2D eigenvalue weighted by molar-refractivity contribution is 5.95. The minimum atomic E-state index is -0.494. The van der Waals surface area contributed by atoms with E-state index in [4.69, 9.17) is 4.42 Å². The molecule has 2 aromatic heterocycles. The van der Waals surface area contributed by atoms with E-state index in [2.05, 4.69) is 15.3 Å². The summed E-state index contributed by atoms with van der Waals surface area (Å²) in [4.78, 5) is 31.4. The second-order valence-electron chi connectivity index (χ2n) is 6.48. The standard InChI is InChI=1S/C21H16N4O4/c1-13-4-7-16(11-17(13)25(27)28)20(26)23-12-14-5-8-15(9-6-14)21-24-19-18(29-21)3-2-10-22-19/h2-11H,12H2,1H3,(H,23,26). The lowest BCUT2D eigenvalue weighted by Crippen LogP contribution is -2.22. The first-order chi connectivity index (χ1) is 14.0. The van der Waals surface area contributed by atoms with Gasteiger partial charge in [0, 0.05) is 35.5 Å². The van der Waals surface area contributed by atoms with Gasteiger partial charge in [-0.1, -0.05) is 18.2 Å². The van der Waals surface area contributed by atoms with Crippen molar-refractivity contribution < 1.29 is 14.1 Å². The van der Waals surface area contributed by atoms with Gasteiger partial charge < -0.3 is 9.73 Å². The van der Waals surface area contributed by atoms with Gasteiger partial charge in [0.15, 0.2) is 11.2 Å². The van der Waals surface area contributed by atoms with Crippen LogP contribution in [0.15, 0.2) is 65.2 Å². The molecule has 1 N–H and O–H groups in total. The quantitative estimate of drug-likeness (QED) is 0.408. The third kappa shape index (κ3) is 3.81. The Hall–Kier alpha value is -4.07. The molecule has 0 atom stereocenters. The van der Waals surface area contributed by atoms with E-state index in [9.17, 15) is 14.9 Å². The van der Waals surface area contributed by atoms with E-state index in [0.717, 1.165) is 11.1 Å². The van der Waals surface area contributed by atoms with Crippen LogP contribution < -0.4 is 5.32 Å². The number of benzene rings is 2. The lowest BCUT2D eigenvalue weighted by molar-refractivity contribution is -0.385. The second kappa shape index (κ2) is 7.51. The summed E-state index contributed by atoms with van der Waals surface area (Å²) < 4.78 is 5.69. The number of amides is 1. The minimum absolute atomic E-state index is 0.0742. The molecule has 4 aromatic rings. The SMILES string of the molecule is Cc1ccc(C(=O)NCc2ccc(-c3nc4ncccc4o3)cc2)cc1[N+](=O)[O-]. The number of nitro benzene ring substituents is 1. The molecule has 2 aromatic carbocycles. The predicted octanol–water partition coefficient (Wildman–Crippen LogP) is 4.04. The van der Waals surface area contributed by atoms with Crippen LogP contribution in [0.2, 0.25) is 0 Å². The Labute approximate surface area is 165 Å². The van der Waals surface area contributed by atoms with Crippen molar-refractivity contribution in [1.82, 2.24) is 15.3 Å². The molecule has 0 aliphatic heterocycles. The van der Waals surface area contributed by atoms with Gasteiger partial charge >= 0.3 is 0 Å². The molecule has 0 radical (unpaired) electrons. The number of aromatic nitrogens is 2. The maximum absolute atomic E-state index is 12.3. The van der Waals surface area contributed by atoms with Crippen molar-refractivity contribution in [2.24, 2.45) is 0 Å². The van der Waals surface area contributed by atoms with Gasteiger partial charge in [0.05, 0.1) is 4.92 Å². The first-order valence-electron chi connectivity index (χ1n) is 8.85. The van der Waals surface area contributed by atoms with Crippen LogP contribution in [0.1, 0.15) is 21.5 Å². The van der Waals surface area contributed by atoms with Crippen molar-refractivity contribution >= 4 is 22.8 Å². The van der Waals surface area contributed by atoms with E-state index in [1.807, 2.05) is 24.3 Å². The molecule has 0 bridgehead atoms. The summed E-state index contributed by atoms with van der Waals surface area (Å²) in [6.45, 7) is 1.92. The molecule has 8 heteroatoms. The smallest absolute Gasteiger partial charge is 0.273 e. The molecule has 8 nitrogen and oxygen atoms in total. The Bertz CT molecular complexity index is 1180.